The van der Waals surface area contributed by atoms with Crippen molar-refractivity contribution in [2.24, 2.45) is 11.3 Å². The normalized spacial score (nSPS) is 17.4. The molecule has 2 heterocycles. The minimum Gasteiger partial charge on any atom is -0.399 e. The first-order valence-corrected chi connectivity index (χ1v) is 7.84. The highest BCUT2D eigenvalue weighted by atomic mass is 15.1. The molecule has 0 saturated carbocycles. The quantitative estimate of drug-likeness (QED) is 0.802. The first-order chi connectivity index (χ1) is 9.95. The summed E-state index contributed by atoms with van der Waals surface area (Å²) >= 11 is 0. The fourth-order valence-corrected chi connectivity index (χ4v) is 3.41. The zero-order valence-electron chi connectivity index (χ0n) is 13.3. The van der Waals surface area contributed by atoms with Gasteiger partial charge in [0.05, 0.1) is 5.52 Å². The van der Waals surface area contributed by atoms with Crippen LogP contribution in [-0.4, -0.2) is 18.1 Å². The molecule has 1 saturated heterocycles. The van der Waals surface area contributed by atoms with E-state index in [-0.39, 0.29) is 0 Å². The van der Waals surface area contributed by atoms with Gasteiger partial charge in [0.25, 0.3) is 0 Å². The molecule has 0 bridgehead atoms. The van der Waals surface area contributed by atoms with Crippen molar-refractivity contribution in [3.63, 3.8) is 0 Å². The van der Waals surface area contributed by atoms with Crippen LogP contribution < -0.4 is 10.6 Å². The van der Waals surface area contributed by atoms with Crippen LogP contribution in [0.25, 0.3) is 10.9 Å². The van der Waals surface area contributed by atoms with Crippen molar-refractivity contribution in [2.75, 3.05) is 23.7 Å². The third kappa shape index (κ3) is 2.82. The molecule has 21 heavy (non-hydrogen) atoms. The van der Waals surface area contributed by atoms with Crippen molar-refractivity contribution in [3.05, 3.63) is 30.5 Å². The molecule has 0 spiro atoms. The average molecular weight is 283 g/mol. The lowest BCUT2D eigenvalue weighted by Crippen LogP contribution is -2.38. The van der Waals surface area contributed by atoms with Crippen molar-refractivity contribution in [1.29, 1.82) is 0 Å². The second kappa shape index (κ2) is 5.21. The topological polar surface area (TPSA) is 42.2 Å². The molecule has 0 unspecified atom stereocenters. The summed E-state index contributed by atoms with van der Waals surface area (Å²) < 4.78 is 0. The Balaban J connectivity index is 1.86. The van der Waals surface area contributed by atoms with Gasteiger partial charge in [0.15, 0.2) is 0 Å². The van der Waals surface area contributed by atoms with Crippen molar-refractivity contribution >= 4 is 22.3 Å². The van der Waals surface area contributed by atoms with Crippen molar-refractivity contribution in [2.45, 2.75) is 33.6 Å². The Morgan fingerprint density at radius 2 is 1.86 bits per heavy atom. The molecule has 0 radical (unpaired) electrons. The SMILES string of the molecule is CC(C)(C)C1CCN(c2ccnc3cc(N)ccc23)CC1. The summed E-state index contributed by atoms with van der Waals surface area (Å²) in [4.78, 5) is 6.95. The van der Waals surface area contributed by atoms with Crippen LogP contribution in [0.15, 0.2) is 30.5 Å². The number of aromatic nitrogens is 1. The lowest BCUT2D eigenvalue weighted by Gasteiger charge is -2.40. The van der Waals surface area contributed by atoms with Gasteiger partial charge in [-0.25, -0.2) is 0 Å². The number of nitrogens with zero attached hydrogens (tertiary/aromatic N) is 2. The third-order valence-electron chi connectivity index (χ3n) is 4.80. The number of hydrogen-bond acceptors (Lipinski definition) is 3. The van der Waals surface area contributed by atoms with Crippen LogP contribution in [0.1, 0.15) is 33.6 Å². The summed E-state index contributed by atoms with van der Waals surface area (Å²) in [6.07, 6.45) is 4.43. The van der Waals surface area contributed by atoms with Crippen molar-refractivity contribution < 1.29 is 0 Å². The Morgan fingerprint density at radius 1 is 1.14 bits per heavy atom. The molecule has 1 aliphatic rings. The van der Waals surface area contributed by atoms with Gasteiger partial charge >= 0.3 is 0 Å². The second-order valence-electron chi connectivity index (χ2n) is 7.23. The van der Waals surface area contributed by atoms with E-state index in [1.54, 1.807) is 0 Å². The third-order valence-corrected chi connectivity index (χ3v) is 4.80. The molecule has 3 nitrogen and oxygen atoms in total. The molecule has 0 atom stereocenters. The average Bonchev–Trinajstić information content (AvgIpc) is 2.45. The number of hydrogen-bond donors (Lipinski definition) is 1. The maximum Gasteiger partial charge on any atom is 0.0743 e. The van der Waals surface area contributed by atoms with E-state index in [2.05, 4.69) is 42.8 Å². The predicted octanol–water partition coefficient (Wildman–Crippen LogP) is 4.08. The van der Waals surface area contributed by atoms with Gasteiger partial charge in [-0.1, -0.05) is 20.8 Å². The lowest BCUT2D eigenvalue weighted by molar-refractivity contribution is 0.199. The Morgan fingerprint density at radius 3 is 2.52 bits per heavy atom. The first kappa shape index (κ1) is 14.2. The van der Waals surface area contributed by atoms with Gasteiger partial charge in [-0.2, -0.15) is 0 Å². The summed E-state index contributed by atoms with van der Waals surface area (Å²) in [6, 6.07) is 8.16. The zero-order chi connectivity index (χ0) is 15.0. The van der Waals surface area contributed by atoms with E-state index in [4.69, 9.17) is 5.73 Å². The summed E-state index contributed by atoms with van der Waals surface area (Å²) in [6.45, 7) is 9.34. The van der Waals surface area contributed by atoms with Gasteiger partial charge in [-0.05, 0) is 48.4 Å². The number of anilines is 2. The molecule has 1 fully saturated rings. The monoisotopic (exact) mass is 283 g/mol. The van der Waals surface area contributed by atoms with Crippen LogP contribution in [0, 0.1) is 11.3 Å². The zero-order valence-corrected chi connectivity index (χ0v) is 13.3. The molecule has 3 rings (SSSR count). The molecular weight excluding hydrogens is 258 g/mol. The minimum absolute atomic E-state index is 0.418. The van der Waals surface area contributed by atoms with E-state index in [0.717, 1.165) is 30.2 Å². The number of fused-ring (bicyclic) bond motifs is 1. The largest absolute Gasteiger partial charge is 0.399 e. The fourth-order valence-electron chi connectivity index (χ4n) is 3.41. The number of rotatable bonds is 1. The molecule has 0 amide bonds. The van der Waals surface area contributed by atoms with E-state index in [1.165, 1.54) is 23.9 Å². The Kier molecular flexibility index (Phi) is 3.52. The van der Waals surface area contributed by atoms with Gasteiger partial charge in [0.2, 0.25) is 0 Å². The van der Waals surface area contributed by atoms with E-state index in [1.807, 2.05) is 18.3 Å². The highest BCUT2D eigenvalue weighted by Gasteiger charge is 2.29. The van der Waals surface area contributed by atoms with Crippen LogP contribution in [0.4, 0.5) is 11.4 Å². The molecule has 1 aliphatic heterocycles. The van der Waals surface area contributed by atoms with Gasteiger partial charge in [-0.3, -0.25) is 4.98 Å². The molecule has 1 aromatic carbocycles. The highest BCUT2D eigenvalue weighted by Crippen LogP contribution is 2.37. The molecule has 2 aromatic rings. The van der Waals surface area contributed by atoms with E-state index in [9.17, 15) is 0 Å². The van der Waals surface area contributed by atoms with Crippen LogP contribution in [-0.2, 0) is 0 Å². The molecule has 3 heteroatoms. The van der Waals surface area contributed by atoms with E-state index < -0.39 is 0 Å². The van der Waals surface area contributed by atoms with Crippen LogP contribution in [0.2, 0.25) is 0 Å². The van der Waals surface area contributed by atoms with Gasteiger partial charge in [-0.15, -0.1) is 0 Å². The number of nitrogen functional groups attached to an aromatic ring is 1. The lowest BCUT2D eigenvalue weighted by atomic mass is 9.75. The maximum atomic E-state index is 5.86. The minimum atomic E-state index is 0.418. The molecule has 0 aliphatic carbocycles. The predicted molar refractivity (Wildman–Crippen MR) is 90.5 cm³/mol. The summed E-state index contributed by atoms with van der Waals surface area (Å²) in [5, 5.41) is 1.21. The highest BCUT2D eigenvalue weighted by molar-refractivity contribution is 5.93. The first-order valence-electron chi connectivity index (χ1n) is 7.84. The number of piperidine rings is 1. The van der Waals surface area contributed by atoms with Gasteiger partial charge in [0.1, 0.15) is 0 Å². The van der Waals surface area contributed by atoms with Gasteiger partial charge < -0.3 is 10.6 Å². The van der Waals surface area contributed by atoms with Crippen molar-refractivity contribution in [1.82, 2.24) is 4.98 Å². The van der Waals surface area contributed by atoms with Crippen LogP contribution in [0.5, 0.6) is 0 Å². The molecule has 112 valence electrons. The number of pyridine rings is 1. The molecule has 2 N–H and O–H groups in total. The Labute approximate surface area is 127 Å². The summed E-state index contributed by atoms with van der Waals surface area (Å²) in [5.74, 6) is 0.817. The van der Waals surface area contributed by atoms with E-state index >= 15 is 0 Å². The van der Waals surface area contributed by atoms with Crippen molar-refractivity contribution in [3.8, 4) is 0 Å². The number of nitrogens with two attached hydrogens (primary N) is 1. The second-order valence-corrected chi connectivity index (χ2v) is 7.23. The standard InChI is InChI=1S/C18H25N3/c1-18(2,3)13-7-10-21(11-8-13)17-6-9-20-16-12-14(19)4-5-15(16)17/h4-6,9,12-13H,7-8,10-11,19H2,1-3H3. The number of benzene rings is 1. The molecular formula is C18H25N3. The maximum absolute atomic E-state index is 5.86. The molecule has 1 aromatic heterocycles. The van der Waals surface area contributed by atoms with Crippen LogP contribution in [0.3, 0.4) is 0 Å². The van der Waals surface area contributed by atoms with E-state index in [0.29, 0.717) is 5.41 Å². The Hall–Kier alpha value is -1.77. The van der Waals surface area contributed by atoms with Gasteiger partial charge in [0, 0.05) is 36.0 Å². The smallest absolute Gasteiger partial charge is 0.0743 e. The summed E-state index contributed by atoms with van der Waals surface area (Å²) in [5.41, 5.74) is 9.35. The summed E-state index contributed by atoms with van der Waals surface area (Å²) in [7, 11) is 0. The fraction of sp³-hybridized carbons (Fsp3) is 0.500. The van der Waals surface area contributed by atoms with Crippen LogP contribution >= 0.6 is 0 Å². The Bertz CT molecular complexity index is 634.